The number of rotatable bonds is 7. The average molecular weight is 454 g/mol. The van der Waals surface area contributed by atoms with Gasteiger partial charge in [-0.1, -0.05) is 11.6 Å². The Balaban J connectivity index is 2.22. The minimum absolute atomic E-state index is 0.0247. The van der Waals surface area contributed by atoms with Crippen molar-refractivity contribution in [3.8, 4) is 5.75 Å². The molecule has 0 bridgehead atoms. The van der Waals surface area contributed by atoms with Crippen LogP contribution in [-0.2, 0) is 14.4 Å². The third-order valence-corrected chi connectivity index (χ3v) is 4.10. The van der Waals surface area contributed by atoms with E-state index in [4.69, 9.17) is 26.2 Å². The second-order valence-corrected chi connectivity index (χ2v) is 6.73. The molecule has 0 fully saturated rings. The summed E-state index contributed by atoms with van der Waals surface area (Å²) in [6, 6.07) is 2.79. The first-order valence-electron chi connectivity index (χ1n) is 8.56. The Hall–Kier alpha value is -2.73. The molecule has 1 heterocycles. The largest absolute Gasteiger partial charge is 0.569 e. The van der Waals surface area contributed by atoms with Crippen molar-refractivity contribution in [1.29, 1.82) is 0 Å². The number of hydrogen-bond donors (Lipinski definition) is 1. The molecule has 1 aliphatic heterocycles. The van der Waals surface area contributed by atoms with Crippen molar-refractivity contribution in [3.05, 3.63) is 39.1 Å². The standard InChI is InChI=1S/C17H19ClF3N3O6/c1-9-6-12(18)7-11-8-13(15(17(19,20)21)29-14(9)11)16(26)28-10(2)30-22-24(27)23(3)4-5-25/h6-8,10,15,25H,4-5H2,1-3H3/t10?,15-/m0/s1. The molecule has 13 heteroatoms. The summed E-state index contributed by atoms with van der Waals surface area (Å²) >= 11 is 5.93. The van der Waals surface area contributed by atoms with Crippen molar-refractivity contribution < 1.29 is 42.4 Å². The number of benzene rings is 1. The maximum atomic E-state index is 13.5. The predicted octanol–water partition coefficient (Wildman–Crippen LogP) is 2.98. The Labute approximate surface area is 174 Å². The SMILES string of the molecule is Cc1cc(Cl)cc2c1O[C@H](C(F)(F)F)C(C(=O)OC(C)ON=[N+]([O-])N(C)CCO)=C2. The van der Waals surface area contributed by atoms with Gasteiger partial charge in [0.05, 0.1) is 30.7 Å². The minimum atomic E-state index is -4.90. The number of nitrogens with zero attached hydrogens (tertiary/aromatic N) is 3. The van der Waals surface area contributed by atoms with E-state index in [0.717, 1.165) is 18.0 Å². The molecular weight excluding hydrogens is 435 g/mol. The molecule has 1 aromatic carbocycles. The molecule has 1 aliphatic rings. The molecule has 2 rings (SSSR count). The molecular formula is C17H19ClF3N3O6. The van der Waals surface area contributed by atoms with Gasteiger partial charge in [-0.15, -0.1) is 5.01 Å². The fourth-order valence-corrected chi connectivity index (χ4v) is 2.78. The number of hydrogen-bond acceptors (Lipinski definition) is 7. The molecule has 2 atom stereocenters. The first kappa shape index (κ1) is 23.5. The number of aliphatic hydroxyl groups excluding tert-OH is 1. The summed E-state index contributed by atoms with van der Waals surface area (Å²) in [6.45, 7) is 2.30. The lowest BCUT2D eigenvalue weighted by molar-refractivity contribution is -0.707. The third-order valence-electron chi connectivity index (χ3n) is 3.88. The number of carbonyl (C=O) groups is 1. The number of hydrazine groups is 1. The predicted molar refractivity (Wildman–Crippen MR) is 97.0 cm³/mol. The number of aliphatic hydroxyl groups is 1. The molecule has 9 nitrogen and oxygen atoms in total. The van der Waals surface area contributed by atoms with Crippen LogP contribution in [0.4, 0.5) is 13.2 Å². The van der Waals surface area contributed by atoms with Crippen LogP contribution in [0.5, 0.6) is 5.75 Å². The molecule has 0 aliphatic carbocycles. The van der Waals surface area contributed by atoms with Crippen molar-refractivity contribution >= 4 is 23.6 Å². The van der Waals surface area contributed by atoms with E-state index in [1.165, 1.54) is 26.1 Å². The van der Waals surface area contributed by atoms with E-state index in [-0.39, 0.29) is 34.5 Å². The van der Waals surface area contributed by atoms with Crippen molar-refractivity contribution in [3.63, 3.8) is 0 Å². The Morgan fingerprint density at radius 3 is 2.77 bits per heavy atom. The van der Waals surface area contributed by atoms with Gasteiger partial charge in [0.2, 0.25) is 11.4 Å². The summed E-state index contributed by atoms with van der Waals surface area (Å²) in [6.07, 6.45) is -7.97. The van der Waals surface area contributed by atoms with Gasteiger partial charge in [-0.25, -0.2) is 4.79 Å². The molecule has 1 unspecified atom stereocenters. The molecule has 1 aromatic rings. The molecule has 0 amide bonds. The zero-order chi connectivity index (χ0) is 22.6. The van der Waals surface area contributed by atoms with Crippen molar-refractivity contribution in [2.45, 2.75) is 32.4 Å². The normalized spacial score (nSPS) is 17.4. The van der Waals surface area contributed by atoms with Gasteiger partial charge in [0.25, 0.3) is 6.29 Å². The van der Waals surface area contributed by atoms with Crippen LogP contribution in [0.2, 0.25) is 5.02 Å². The van der Waals surface area contributed by atoms with Crippen LogP contribution in [0, 0.1) is 12.1 Å². The number of fused-ring (bicyclic) bond motifs is 1. The Morgan fingerprint density at radius 2 is 2.17 bits per heavy atom. The topological polar surface area (TPSA) is 107 Å². The fourth-order valence-electron chi connectivity index (χ4n) is 2.50. The number of esters is 1. The minimum Gasteiger partial charge on any atom is -0.569 e. The van der Waals surface area contributed by atoms with Gasteiger partial charge in [-0.05, 0) is 30.7 Å². The summed E-state index contributed by atoms with van der Waals surface area (Å²) < 4.78 is 50.3. The van der Waals surface area contributed by atoms with Gasteiger partial charge in [0.15, 0.2) is 0 Å². The molecule has 0 aromatic heterocycles. The maximum Gasteiger partial charge on any atom is 0.430 e. The number of halogens is 4. The number of carbonyl (C=O) groups excluding carboxylic acids is 1. The average Bonchev–Trinajstić information content (AvgIpc) is 2.64. The quantitative estimate of drug-likeness (QED) is 0.222. The van der Waals surface area contributed by atoms with Gasteiger partial charge >= 0.3 is 12.1 Å². The summed E-state index contributed by atoms with van der Waals surface area (Å²) in [5.74, 6) is -1.42. The lowest BCUT2D eigenvalue weighted by atomic mass is 9.99. The highest BCUT2D eigenvalue weighted by atomic mass is 35.5. The van der Waals surface area contributed by atoms with E-state index in [2.05, 4.69) is 10.1 Å². The van der Waals surface area contributed by atoms with Crippen molar-refractivity contribution in [2.24, 2.45) is 5.28 Å². The van der Waals surface area contributed by atoms with Crippen LogP contribution in [0.25, 0.3) is 6.08 Å². The molecule has 30 heavy (non-hydrogen) atoms. The van der Waals surface area contributed by atoms with Crippen LogP contribution in [0.1, 0.15) is 18.1 Å². The van der Waals surface area contributed by atoms with Crippen molar-refractivity contribution in [2.75, 3.05) is 20.2 Å². The monoisotopic (exact) mass is 453 g/mol. The zero-order valence-corrected chi connectivity index (χ0v) is 16.9. The van der Waals surface area contributed by atoms with Gasteiger partial charge in [0.1, 0.15) is 5.75 Å². The third kappa shape index (κ3) is 5.66. The summed E-state index contributed by atoms with van der Waals surface area (Å²) in [5.41, 5.74) is -0.265. The van der Waals surface area contributed by atoms with E-state index in [1.807, 2.05) is 0 Å². The van der Waals surface area contributed by atoms with E-state index >= 15 is 0 Å². The highest BCUT2D eigenvalue weighted by molar-refractivity contribution is 6.30. The highest BCUT2D eigenvalue weighted by Gasteiger charge is 2.49. The molecule has 166 valence electrons. The second kappa shape index (κ2) is 9.39. The first-order chi connectivity index (χ1) is 13.9. The number of alkyl halides is 3. The fraction of sp³-hybridized carbons (Fsp3) is 0.471. The molecule has 0 radical (unpaired) electrons. The number of ether oxygens (including phenoxy) is 2. The van der Waals surface area contributed by atoms with Crippen LogP contribution >= 0.6 is 11.6 Å². The molecule has 0 saturated heterocycles. The smallest absolute Gasteiger partial charge is 0.430 e. The van der Waals surface area contributed by atoms with Crippen molar-refractivity contribution in [1.82, 2.24) is 5.01 Å². The summed E-state index contributed by atoms with van der Waals surface area (Å²) in [4.78, 5) is 17.0. The molecule has 0 saturated carbocycles. The van der Waals surface area contributed by atoms with Crippen LogP contribution < -0.4 is 4.74 Å². The van der Waals surface area contributed by atoms with E-state index < -0.39 is 30.1 Å². The van der Waals surface area contributed by atoms with Gasteiger partial charge in [-0.2, -0.15) is 13.2 Å². The van der Waals surface area contributed by atoms with Gasteiger partial charge in [-0.3, -0.25) is 4.84 Å². The van der Waals surface area contributed by atoms with Crippen LogP contribution in [-0.4, -0.2) is 59.8 Å². The van der Waals surface area contributed by atoms with Crippen LogP contribution in [0.3, 0.4) is 0 Å². The highest BCUT2D eigenvalue weighted by Crippen LogP contribution is 2.40. The first-order valence-corrected chi connectivity index (χ1v) is 8.93. The number of aryl methyl sites for hydroxylation is 1. The lowest BCUT2D eigenvalue weighted by Gasteiger charge is -2.29. The maximum absolute atomic E-state index is 13.5. The van der Waals surface area contributed by atoms with E-state index in [1.54, 1.807) is 0 Å². The van der Waals surface area contributed by atoms with E-state index in [9.17, 15) is 23.2 Å². The molecule has 0 spiro atoms. The zero-order valence-electron chi connectivity index (χ0n) is 16.1. The summed E-state index contributed by atoms with van der Waals surface area (Å²) in [5, 5.41) is 24.5. The lowest BCUT2D eigenvalue weighted by Crippen LogP contribution is -2.41. The Morgan fingerprint density at radius 1 is 1.50 bits per heavy atom. The second-order valence-electron chi connectivity index (χ2n) is 6.30. The van der Waals surface area contributed by atoms with Gasteiger partial charge in [0, 0.05) is 17.5 Å². The van der Waals surface area contributed by atoms with Crippen LogP contribution in [0.15, 0.2) is 23.0 Å². The van der Waals surface area contributed by atoms with Gasteiger partial charge < -0.3 is 19.8 Å². The molecule has 1 N–H and O–H groups in total. The van der Waals surface area contributed by atoms with E-state index in [0.29, 0.717) is 5.56 Å². The Bertz CT molecular complexity index is 862. The summed E-state index contributed by atoms with van der Waals surface area (Å²) in [7, 11) is 1.30. The Kier molecular flexibility index (Phi) is 7.37. The number of likely N-dealkylation sites (N-methyl/N-ethyl adjacent to an activating group) is 1.